The van der Waals surface area contributed by atoms with Crippen molar-refractivity contribution >= 4 is 0 Å². The molecular formula is C14H22FN. The van der Waals surface area contributed by atoms with Gasteiger partial charge in [-0.15, -0.1) is 0 Å². The SMILES string of the molecule is CCC(C)CNC(CC)c1ccccc1F. The fraction of sp³-hybridized carbons (Fsp3) is 0.571. The maximum Gasteiger partial charge on any atom is 0.127 e. The molecule has 1 rings (SSSR count). The van der Waals surface area contributed by atoms with E-state index in [9.17, 15) is 4.39 Å². The maximum atomic E-state index is 13.6. The summed E-state index contributed by atoms with van der Waals surface area (Å²) in [6.45, 7) is 7.42. The Hall–Kier alpha value is -0.890. The molecule has 0 aliphatic rings. The number of hydrogen-bond acceptors (Lipinski definition) is 1. The summed E-state index contributed by atoms with van der Waals surface area (Å²) in [6.07, 6.45) is 2.07. The van der Waals surface area contributed by atoms with Crippen molar-refractivity contribution in [2.75, 3.05) is 6.54 Å². The topological polar surface area (TPSA) is 12.0 Å². The normalized spacial score (nSPS) is 14.8. The lowest BCUT2D eigenvalue weighted by molar-refractivity contribution is 0.427. The highest BCUT2D eigenvalue weighted by atomic mass is 19.1. The third-order valence-electron chi connectivity index (χ3n) is 3.10. The minimum atomic E-state index is -0.106. The molecule has 1 aromatic rings. The van der Waals surface area contributed by atoms with Crippen LogP contribution in [-0.4, -0.2) is 6.54 Å². The Morgan fingerprint density at radius 1 is 1.19 bits per heavy atom. The number of rotatable bonds is 6. The Balaban J connectivity index is 2.64. The van der Waals surface area contributed by atoms with E-state index in [1.54, 1.807) is 6.07 Å². The van der Waals surface area contributed by atoms with Crippen molar-refractivity contribution in [3.05, 3.63) is 35.6 Å². The van der Waals surface area contributed by atoms with Crippen LogP contribution in [0.2, 0.25) is 0 Å². The second-order valence-electron chi connectivity index (χ2n) is 4.40. The summed E-state index contributed by atoms with van der Waals surface area (Å²) in [6, 6.07) is 7.16. The predicted molar refractivity (Wildman–Crippen MR) is 66.9 cm³/mol. The molecule has 16 heavy (non-hydrogen) atoms. The van der Waals surface area contributed by atoms with Crippen molar-refractivity contribution in [3.63, 3.8) is 0 Å². The van der Waals surface area contributed by atoms with Crippen LogP contribution in [0.1, 0.15) is 45.2 Å². The van der Waals surface area contributed by atoms with E-state index in [2.05, 4.69) is 26.1 Å². The Labute approximate surface area is 98.1 Å². The van der Waals surface area contributed by atoms with E-state index in [0.29, 0.717) is 5.92 Å². The minimum Gasteiger partial charge on any atom is -0.310 e. The quantitative estimate of drug-likeness (QED) is 0.771. The Kier molecular flexibility index (Phi) is 5.47. The summed E-state index contributed by atoms with van der Waals surface area (Å²) in [7, 11) is 0. The average Bonchev–Trinajstić information content (AvgIpc) is 2.31. The van der Waals surface area contributed by atoms with Gasteiger partial charge in [0.15, 0.2) is 0 Å². The molecule has 0 aromatic heterocycles. The molecule has 0 saturated heterocycles. The van der Waals surface area contributed by atoms with E-state index in [0.717, 1.165) is 24.9 Å². The fourth-order valence-electron chi connectivity index (χ4n) is 1.72. The molecule has 2 heteroatoms. The number of halogens is 1. The van der Waals surface area contributed by atoms with Crippen LogP contribution in [0.3, 0.4) is 0 Å². The van der Waals surface area contributed by atoms with E-state index in [-0.39, 0.29) is 11.9 Å². The molecule has 0 spiro atoms. The molecular weight excluding hydrogens is 201 g/mol. The molecule has 1 nitrogen and oxygen atoms in total. The zero-order valence-electron chi connectivity index (χ0n) is 10.5. The van der Waals surface area contributed by atoms with Gasteiger partial charge < -0.3 is 5.32 Å². The highest BCUT2D eigenvalue weighted by Crippen LogP contribution is 2.20. The van der Waals surface area contributed by atoms with Crippen LogP contribution in [-0.2, 0) is 0 Å². The molecule has 0 fully saturated rings. The lowest BCUT2D eigenvalue weighted by Gasteiger charge is -2.20. The average molecular weight is 223 g/mol. The molecule has 0 heterocycles. The van der Waals surface area contributed by atoms with E-state index >= 15 is 0 Å². The molecule has 2 atom stereocenters. The third kappa shape index (κ3) is 3.60. The summed E-state index contributed by atoms with van der Waals surface area (Å²) < 4.78 is 13.6. The zero-order valence-corrected chi connectivity index (χ0v) is 10.5. The van der Waals surface area contributed by atoms with Gasteiger partial charge in [-0.05, 0) is 24.9 Å². The van der Waals surface area contributed by atoms with Gasteiger partial charge in [0.1, 0.15) is 5.82 Å². The van der Waals surface area contributed by atoms with Crippen LogP contribution in [0.5, 0.6) is 0 Å². The first kappa shape index (κ1) is 13.2. The lowest BCUT2D eigenvalue weighted by atomic mass is 10.0. The first-order chi connectivity index (χ1) is 7.69. The van der Waals surface area contributed by atoms with Crippen molar-refractivity contribution in [2.24, 2.45) is 5.92 Å². The Bertz CT molecular complexity index is 311. The second kappa shape index (κ2) is 6.64. The molecule has 0 saturated carbocycles. The smallest absolute Gasteiger partial charge is 0.127 e. The monoisotopic (exact) mass is 223 g/mol. The van der Waals surface area contributed by atoms with Crippen LogP contribution < -0.4 is 5.32 Å². The number of nitrogens with one attached hydrogen (secondary N) is 1. The molecule has 0 amide bonds. The summed E-state index contributed by atoms with van der Waals surface area (Å²) in [4.78, 5) is 0. The van der Waals surface area contributed by atoms with E-state index in [1.165, 1.54) is 6.07 Å². The van der Waals surface area contributed by atoms with Crippen LogP contribution >= 0.6 is 0 Å². The van der Waals surface area contributed by atoms with E-state index in [4.69, 9.17) is 0 Å². The molecule has 1 aromatic carbocycles. The summed E-state index contributed by atoms with van der Waals surface area (Å²) in [5.74, 6) is 0.534. The largest absolute Gasteiger partial charge is 0.310 e. The number of benzene rings is 1. The minimum absolute atomic E-state index is 0.106. The van der Waals surface area contributed by atoms with Gasteiger partial charge in [-0.25, -0.2) is 4.39 Å². The van der Waals surface area contributed by atoms with Crippen LogP contribution in [0.25, 0.3) is 0 Å². The van der Waals surface area contributed by atoms with Crippen molar-refractivity contribution in [1.82, 2.24) is 5.32 Å². The Morgan fingerprint density at radius 2 is 1.88 bits per heavy atom. The lowest BCUT2D eigenvalue weighted by Crippen LogP contribution is -2.26. The molecule has 90 valence electrons. The number of hydrogen-bond donors (Lipinski definition) is 1. The highest BCUT2D eigenvalue weighted by molar-refractivity contribution is 5.21. The standard InChI is InChI=1S/C14H22FN/c1-4-11(3)10-16-14(5-2)12-8-6-7-9-13(12)15/h6-9,11,14,16H,4-5,10H2,1-3H3. The van der Waals surface area contributed by atoms with Gasteiger partial charge in [-0.1, -0.05) is 45.4 Å². The van der Waals surface area contributed by atoms with Gasteiger partial charge in [0, 0.05) is 11.6 Å². The first-order valence-electron chi connectivity index (χ1n) is 6.16. The van der Waals surface area contributed by atoms with Crippen molar-refractivity contribution in [2.45, 2.75) is 39.7 Å². The van der Waals surface area contributed by atoms with Crippen LogP contribution in [0.15, 0.2) is 24.3 Å². The van der Waals surface area contributed by atoms with Gasteiger partial charge in [0.2, 0.25) is 0 Å². The van der Waals surface area contributed by atoms with Crippen LogP contribution in [0, 0.1) is 11.7 Å². The van der Waals surface area contributed by atoms with Gasteiger partial charge in [0.25, 0.3) is 0 Å². The summed E-state index contributed by atoms with van der Waals surface area (Å²) >= 11 is 0. The van der Waals surface area contributed by atoms with Crippen molar-refractivity contribution in [3.8, 4) is 0 Å². The summed E-state index contributed by atoms with van der Waals surface area (Å²) in [5, 5.41) is 3.44. The molecule has 2 unspecified atom stereocenters. The summed E-state index contributed by atoms with van der Waals surface area (Å²) in [5.41, 5.74) is 0.785. The van der Waals surface area contributed by atoms with Crippen molar-refractivity contribution < 1.29 is 4.39 Å². The predicted octanol–water partition coefficient (Wildman–Crippen LogP) is 3.91. The first-order valence-corrected chi connectivity index (χ1v) is 6.16. The van der Waals surface area contributed by atoms with Gasteiger partial charge >= 0.3 is 0 Å². The zero-order chi connectivity index (χ0) is 12.0. The van der Waals surface area contributed by atoms with Gasteiger partial charge in [0.05, 0.1) is 0 Å². The molecule has 0 bridgehead atoms. The second-order valence-corrected chi connectivity index (χ2v) is 4.40. The van der Waals surface area contributed by atoms with Crippen molar-refractivity contribution in [1.29, 1.82) is 0 Å². The molecule has 0 aliphatic heterocycles. The fourth-order valence-corrected chi connectivity index (χ4v) is 1.72. The maximum absolute atomic E-state index is 13.6. The molecule has 1 N–H and O–H groups in total. The van der Waals surface area contributed by atoms with Gasteiger partial charge in [-0.3, -0.25) is 0 Å². The van der Waals surface area contributed by atoms with E-state index in [1.807, 2.05) is 12.1 Å². The third-order valence-corrected chi connectivity index (χ3v) is 3.10. The van der Waals surface area contributed by atoms with Crippen LogP contribution in [0.4, 0.5) is 4.39 Å². The molecule has 0 aliphatic carbocycles. The molecule has 0 radical (unpaired) electrons. The van der Waals surface area contributed by atoms with Gasteiger partial charge in [-0.2, -0.15) is 0 Å². The highest BCUT2D eigenvalue weighted by Gasteiger charge is 2.13. The Morgan fingerprint density at radius 3 is 2.44 bits per heavy atom. The van der Waals surface area contributed by atoms with E-state index < -0.39 is 0 Å².